The lowest BCUT2D eigenvalue weighted by Crippen LogP contribution is -2.33. The number of rotatable bonds is 15. The Hall–Kier alpha value is -1.87. The maximum atomic E-state index is 14.1. The first-order valence-corrected chi connectivity index (χ1v) is 17.8. The van der Waals surface area contributed by atoms with Crippen LogP contribution in [0.2, 0.25) is 0 Å². The van der Waals surface area contributed by atoms with Gasteiger partial charge in [-0.25, -0.2) is 9.50 Å². The highest BCUT2D eigenvalue weighted by Gasteiger charge is 2.71. The molecule has 1 aromatic carbocycles. The number of hydrogen-bond donors (Lipinski definition) is 2. The van der Waals surface area contributed by atoms with Gasteiger partial charge < -0.3 is 28.1 Å². The average Bonchev–Trinajstić information content (AvgIpc) is 3.25. The van der Waals surface area contributed by atoms with Crippen molar-refractivity contribution >= 4 is 28.2 Å². The molecule has 2 unspecified atom stereocenters. The lowest BCUT2D eigenvalue weighted by molar-refractivity contribution is 0.204. The molecular formula is C24H36N3O9P3. The largest absolute Gasteiger partial charge is 0.472 e. The number of hydrogen-bond acceptors (Lipinski definition) is 9. The lowest BCUT2D eigenvalue weighted by atomic mass is 10.2. The Morgan fingerprint density at radius 2 is 1.56 bits per heavy atom. The summed E-state index contributed by atoms with van der Waals surface area (Å²) in [6, 6.07) is 12.9. The number of aryl methyl sites for hydroxylation is 2. The summed E-state index contributed by atoms with van der Waals surface area (Å²) in [5.41, 5.74) is 2.47. The van der Waals surface area contributed by atoms with Crippen molar-refractivity contribution in [1.29, 1.82) is 0 Å². The smallest absolute Gasteiger partial charge is 0.358 e. The third-order valence-corrected chi connectivity index (χ3v) is 17.0. The first-order chi connectivity index (χ1) is 18.3. The standard InChI is InChI=1S/C24H36N3O9P3/c1-6-34-37(5,28)24(38(29,30)31,39(32,35-7-2)36-8-3)15-14-21-16-19(4)25-22-17-23(26-27(21)22)33-18-20-12-10-9-11-13-20/h9-13,16-17H,6-8,14-15,18H2,1-5H3,(H2,29,30,31). The molecule has 15 heteroatoms. The van der Waals surface area contributed by atoms with Gasteiger partial charge in [0.05, 0.1) is 19.8 Å². The van der Waals surface area contributed by atoms with Gasteiger partial charge in [0.1, 0.15) is 6.61 Å². The Morgan fingerprint density at radius 3 is 2.13 bits per heavy atom. The minimum atomic E-state index is -5.46. The Morgan fingerprint density at radius 1 is 0.949 bits per heavy atom. The zero-order valence-electron chi connectivity index (χ0n) is 22.7. The molecule has 0 aliphatic carbocycles. The van der Waals surface area contributed by atoms with Crippen LogP contribution in [0.25, 0.3) is 5.65 Å². The average molecular weight is 603 g/mol. The Bertz CT molecular complexity index is 1400. The van der Waals surface area contributed by atoms with E-state index in [2.05, 4.69) is 10.1 Å². The first-order valence-electron chi connectivity index (χ1n) is 12.5. The van der Waals surface area contributed by atoms with Gasteiger partial charge in [0.2, 0.25) is 17.9 Å². The summed E-state index contributed by atoms with van der Waals surface area (Å²) in [6.45, 7) is 7.14. The maximum absolute atomic E-state index is 14.1. The summed E-state index contributed by atoms with van der Waals surface area (Å²) in [5.74, 6) is 0.296. The zero-order chi connectivity index (χ0) is 28.9. The molecule has 0 saturated carbocycles. The second-order valence-electron chi connectivity index (χ2n) is 8.83. The van der Waals surface area contributed by atoms with E-state index >= 15 is 0 Å². The highest BCUT2D eigenvalue weighted by Crippen LogP contribution is 2.88. The van der Waals surface area contributed by atoms with Gasteiger partial charge >= 0.3 is 15.2 Å². The molecule has 0 spiro atoms. The zero-order valence-corrected chi connectivity index (χ0v) is 25.4. The summed E-state index contributed by atoms with van der Waals surface area (Å²) in [5, 5.41) is 4.47. The fourth-order valence-corrected chi connectivity index (χ4v) is 13.6. The van der Waals surface area contributed by atoms with Gasteiger partial charge in [-0.2, -0.15) is 0 Å². The highest BCUT2D eigenvalue weighted by molar-refractivity contribution is 7.91. The van der Waals surface area contributed by atoms with E-state index in [0.29, 0.717) is 22.9 Å². The van der Waals surface area contributed by atoms with Crippen molar-refractivity contribution < 1.29 is 41.8 Å². The van der Waals surface area contributed by atoms with Gasteiger partial charge in [0, 0.05) is 24.1 Å². The van der Waals surface area contributed by atoms with E-state index in [0.717, 1.165) is 12.2 Å². The summed E-state index contributed by atoms with van der Waals surface area (Å²) in [6.07, 6.45) is -0.652. The Kier molecular flexibility index (Phi) is 10.4. The Labute approximate surface area is 228 Å². The van der Waals surface area contributed by atoms with Crippen molar-refractivity contribution in [2.45, 2.75) is 51.8 Å². The van der Waals surface area contributed by atoms with E-state index in [9.17, 15) is 23.5 Å². The van der Waals surface area contributed by atoms with Crippen molar-refractivity contribution in [1.82, 2.24) is 14.6 Å². The van der Waals surface area contributed by atoms with Crippen LogP contribution in [0.15, 0.2) is 42.5 Å². The third-order valence-electron chi connectivity index (χ3n) is 6.08. The van der Waals surface area contributed by atoms with Gasteiger partial charge in [-0.15, -0.1) is 5.10 Å². The lowest BCUT2D eigenvalue weighted by Gasteiger charge is -2.41. The highest BCUT2D eigenvalue weighted by atomic mass is 31.3. The van der Waals surface area contributed by atoms with E-state index in [-0.39, 0.29) is 32.8 Å². The molecular weight excluding hydrogens is 567 g/mol. The second kappa shape index (κ2) is 12.8. The van der Waals surface area contributed by atoms with E-state index in [1.54, 1.807) is 19.1 Å². The molecule has 216 valence electrons. The molecule has 0 aliphatic heterocycles. The quantitative estimate of drug-likeness (QED) is 0.209. The van der Waals surface area contributed by atoms with Crippen molar-refractivity contribution in [2.24, 2.45) is 0 Å². The number of benzene rings is 1. The first kappa shape index (κ1) is 31.7. The molecule has 12 nitrogen and oxygen atoms in total. The molecule has 2 N–H and O–H groups in total. The van der Waals surface area contributed by atoms with Gasteiger partial charge in [-0.1, -0.05) is 30.3 Å². The second-order valence-corrected chi connectivity index (χ2v) is 16.7. The van der Waals surface area contributed by atoms with Gasteiger partial charge in [-0.05, 0) is 52.2 Å². The van der Waals surface area contributed by atoms with Crippen LogP contribution in [-0.2, 0) is 40.3 Å². The number of nitrogens with zero attached hydrogens (tertiary/aromatic N) is 3. The molecule has 39 heavy (non-hydrogen) atoms. The van der Waals surface area contributed by atoms with Crippen molar-refractivity contribution in [3.05, 3.63) is 59.4 Å². The summed E-state index contributed by atoms with van der Waals surface area (Å²) in [4.78, 5) is 25.8. The van der Waals surface area contributed by atoms with Crippen LogP contribution in [-0.4, -0.2) is 55.5 Å². The van der Waals surface area contributed by atoms with E-state index < -0.39 is 33.6 Å². The molecule has 0 aliphatic rings. The van der Waals surface area contributed by atoms with Crippen LogP contribution in [0, 0.1) is 6.92 Å². The number of ether oxygens (including phenoxy) is 1. The van der Waals surface area contributed by atoms with Gasteiger partial charge in [0.25, 0.3) is 0 Å². The fraction of sp³-hybridized carbons (Fsp3) is 0.500. The van der Waals surface area contributed by atoms with E-state index in [1.165, 1.54) is 25.3 Å². The van der Waals surface area contributed by atoms with Crippen LogP contribution in [0.3, 0.4) is 0 Å². The van der Waals surface area contributed by atoms with Crippen LogP contribution in [0.4, 0.5) is 0 Å². The van der Waals surface area contributed by atoms with E-state index in [1.807, 2.05) is 30.3 Å². The van der Waals surface area contributed by atoms with Gasteiger partial charge in [-0.3, -0.25) is 13.7 Å². The molecule has 0 saturated heterocycles. The minimum absolute atomic E-state index is 0.111. The maximum Gasteiger partial charge on any atom is 0.358 e. The molecule has 0 fully saturated rings. The molecule has 0 bridgehead atoms. The van der Waals surface area contributed by atoms with Crippen LogP contribution >= 0.6 is 22.6 Å². The van der Waals surface area contributed by atoms with Gasteiger partial charge in [0.15, 0.2) is 5.65 Å². The number of fused-ring (bicyclic) bond motifs is 1. The molecule has 0 amide bonds. The van der Waals surface area contributed by atoms with Crippen LogP contribution < -0.4 is 4.74 Å². The van der Waals surface area contributed by atoms with Crippen LogP contribution in [0.5, 0.6) is 5.88 Å². The molecule has 2 aromatic heterocycles. The monoisotopic (exact) mass is 603 g/mol. The van der Waals surface area contributed by atoms with Crippen molar-refractivity contribution in [3.8, 4) is 5.88 Å². The fourth-order valence-electron chi connectivity index (χ4n) is 4.47. The summed E-state index contributed by atoms with van der Waals surface area (Å²) < 4.78 is 62.1. The van der Waals surface area contributed by atoms with Crippen molar-refractivity contribution in [2.75, 3.05) is 26.5 Å². The molecule has 2 atom stereocenters. The SMILES string of the molecule is CCOP(C)(=O)C(CCc1cc(C)nc2cc(OCc3ccccc3)nn12)(P(=O)(O)O)P(=O)(OCC)OCC. The molecule has 3 aromatic rings. The normalized spacial score (nSPS) is 15.7. The number of aromatic nitrogens is 3. The molecule has 2 heterocycles. The predicted octanol–water partition coefficient (Wildman–Crippen LogP) is 5.59. The third kappa shape index (κ3) is 6.55. The summed E-state index contributed by atoms with van der Waals surface area (Å²) in [7, 11) is -14.5. The van der Waals surface area contributed by atoms with E-state index in [4.69, 9.17) is 18.3 Å². The predicted molar refractivity (Wildman–Crippen MR) is 148 cm³/mol. The van der Waals surface area contributed by atoms with Crippen LogP contribution in [0.1, 0.15) is 44.1 Å². The molecule has 3 rings (SSSR count). The van der Waals surface area contributed by atoms with Crippen molar-refractivity contribution in [3.63, 3.8) is 0 Å². The minimum Gasteiger partial charge on any atom is -0.472 e. The molecule has 0 radical (unpaired) electrons. The summed E-state index contributed by atoms with van der Waals surface area (Å²) >= 11 is 0. The topological polar surface area (TPSA) is 159 Å². The Balaban J connectivity index is 2.08.